The highest BCUT2D eigenvalue weighted by Gasteiger charge is 2.11. The number of rotatable bonds is 5. The van der Waals surface area contributed by atoms with Crippen LogP contribution in [-0.4, -0.2) is 35.2 Å². The SMILES string of the molecule is COCC(C)NC(=O)Cn1cnc(C)c(Br)c1=O. The molecule has 18 heavy (non-hydrogen) atoms. The summed E-state index contributed by atoms with van der Waals surface area (Å²) in [6, 6.07) is -0.0972. The first-order valence-corrected chi connectivity index (χ1v) is 6.24. The summed E-state index contributed by atoms with van der Waals surface area (Å²) in [4.78, 5) is 27.5. The minimum atomic E-state index is -0.267. The third kappa shape index (κ3) is 3.92. The van der Waals surface area contributed by atoms with E-state index in [9.17, 15) is 9.59 Å². The van der Waals surface area contributed by atoms with Gasteiger partial charge < -0.3 is 10.1 Å². The average Bonchev–Trinajstić information content (AvgIpc) is 2.30. The maximum atomic E-state index is 11.8. The molecule has 0 spiro atoms. The second-order valence-electron chi connectivity index (χ2n) is 4.00. The summed E-state index contributed by atoms with van der Waals surface area (Å²) in [6.45, 7) is 3.92. The Bertz CT molecular complexity index is 487. The summed E-state index contributed by atoms with van der Waals surface area (Å²) >= 11 is 3.15. The van der Waals surface area contributed by atoms with Crippen molar-refractivity contribution in [3.8, 4) is 0 Å². The molecule has 0 fully saturated rings. The van der Waals surface area contributed by atoms with Gasteiger partial charge in [0, 0.05) is 13.2 Å². The second kappa shape index (κ2) is 6.65. The first-order valence-electron chi connectivity index (χ1n) is 5.45. The number of carbonyl (C=O) groups excluding carboxylic acids is 1. The normalized spacial score (nSPS) is 12.2. The van der Waals surface area contributed by atoms with Gasteiger partial charge in [0.2, 0.25) is 5.91 Å². The Hall–Kier alpha value is -1.21. The lowest BCUT2D eigenvalue weighted by Crippen LogP contribution is -2.39. The number of methoxy groups -OCH3 is 1. The molecule has 0 bridgehead atoms. The highest BCUT2D eigenvalue weighted by Crippen LogP contribution is 2.05. The van der Waals surface area contributed by atoms with Crippen LogP contribution < -0.4 is 10.9 Å². The minimum Gasteiger partial charge on any atom is -0.383 e. The first kappa shape index (κ1) is 14.8. The van der Waals surface area contributed by atoms with Crippen LogP contribution in [0.4, 0.5) is 0 Å². The van der Waals surface area contributed by atoms with E-state index in [0.29, 0.717) is 16.8 Å². The van der Waals surface area contributed by atoms with Crippen LogP contribution in [0.1, 0.15) is 12.6 Å². The van der Waals surface area contributed by atoms with Gasteiger partial charge in [-0.25, -0.2) is 4.98 Å². The van der Waals surface area contributed by atoms with E-state index >= 15 is 0 Å². The number of nitrogens with zero attached hydrogens (tertiary/aromatic N) is 2. The Morgan fingerprint density at radius 3 is 2.94 bits per heavy atom. The lowest BCUT2D eigenvalue weighted by molar-refractivity contribution is -0.122. The van der Waals surface area contributed by atoms with E-state index in [0.717, 1.165) is 0 Å². The van der Waals surface area contributed by atoms with Crippen molar-refractivity contribution < 1.29 is 9.53 Å². The molecule has 7 heteroatoms. The average molecular weight is 318 g/mol. The van der Waals surface area contributed by atoms with E-state index in [1.807, 2.05) is 6.92 Å². The van der Waals surface area contributed by atoms with Gasteiger partial charge in [0.25, 0.3) is 5.56 Å². The molecule has 0 radical (unpaired) electrons. The standard InChI is InChI=1S/C11H16BrN3O3/c1-7(5-18-3)14-9(16)4-15-6-13-8(2)10(12)11(15)17/h6-7H,4-5H2,1-3H3,(H,14,16). The van der Waals surface area contributed by atoms with Crippen LogP contribution in [0.3, 0.4) is 0 Å². The zero-order chi connectivity index (χ0) is 13.7. The van der Waals surface area contributed by atoms with Crippen molar-refractivity contribution in [1.29, 1.82) is 0 Å². The molecule has 1 amide bonds. The third-order valence-corrected chi connectivity index (χ3v) is 3.21. The van der Waals surface area contributed by atoms with Crippen molar-refractivity contribution in [1.82, 2.24) is 14.9 Å². The molecule has 1 heterocycles. The summed E-state index contributed by atoms with van der Waals surface area (Å²) in [7, 11) is 1.56. The fourth-order valence-electron chi connectivity index (χ4n) is 1.43. The Morgan fingerprint density at radius 1 is 1.67 bits per heavy atom. The van der Waals surface area contributed by atoms with E-state index < -0.39 is 0 Å². The molecule has 1 N–H and O–H groups in total. The number of aromatic nitrogens is 2. The number of hydrogen-bond acceptors (Lipinski definition) is 4. The Labute approximate surface area is 113 Å². The molecule has 0 aliphatic carbocycles. The highest BCUT2D eigenvalue weighted by atomic mass is 79.9. The number of halogens is 1. The van der Waals surface area contributed by atoms with Crippen LogP contribution in [0.5, 0.6) is 0 Å². The molecule has 0 aliphatic heterocycles. The van der Waals surface area contributed by atoms with Crippen molar-refractivity contribution in [2.24, 2.45) is 0 Å². The fraction of sp³-hybridized carbons (Fsp3) is 0.545. The van der Waals surface area contributed by atoms with Crippen molar-refractivity contribution in [2.75, 3.05) is 13.7 Å². The predicted molar refractivity (Wildman–Crippen MR) is 70.4 cm³/mol. The van der Waals surface area contributed by atoms with Crippen molar-refractivity contribution in [2.45, 2.75) is 26.4 Å². The maximum absolute atomic E-state index is 11.8. The molecule has 1 aromatic rings. The van der Waals surface area contributed by atoms with Gasteiger partial charge in [0.15, 0.2) is 0 Å². The van der Waals surface area contributed by atoms with Gasteiger partial charge in [-0.1, -0.05) is 0 Å². The zero-order valence-electron chi connectivity index (χ0n) is 10.6. The molecular weight excluding hydrogens is 302 g/mol. The second-order valence-corrected chi connectivity index (χ2v) is 4.79. The maximum Gasteiger partial charge on any atom is 0.268 e. The lowest BCUT2D eigenvalue weighted by Gasteiger charge is -2.13. The quantitative estimate of drug-likeness (QED) is 0.856. The number of nitrogens with one attached hydrogen (secondary N) is 1. The van der Waals surface area contributed by atoms with Crippen molar-refractivity contribution in [3.05, 3.63) is 26.8 Å². The van der Waals surface area contributed by atoms with Gasteiger partial charge in [-0.05, 0) is 29.8 Å². The van der Waals surface area contributed by atoms with E-state index in [1.54, 1.807) is 14.0 Å². The fourth-order valence-corrected chi connectivity index (χ4v) is 1.76. The minimum absolute atomic E-state index is 0.0568. The Kier molecular flexibility index (Phi) is 5.49. The molecule has 0 aromatic carbocycles. The van der Waals surface area contributed by atoms with E-state index in [4.69, 9.17) is 4.74 Å². The van der Waals surface area contributed by atoms with E-state index in [1.165, 1.54) is 10.9 Å². The summed E-state index contributed by atoms with van der Waals surface area (Å²) in [6.07, 6.45) is 1.36. The van der Waals surface area contributed by atoms with Crippen molar-refractivity contribution in [3.63, 3.8) is 0 Å². The first-order chi connectivity index (χ1) is 8.45. The molecular formula is C11H16BrN3O3. The third-order valence-electron chi connectivity index (χ3n) is 2.30. The largest absolute Gasteiger partial charge is 0.383 e. The van der Waals surface area contributed by atoms with E-state index in [2.05, 4.69) is 26.2 Å². The molecule has 1 rings (SSSR count). The van der Waals surface area contributed by atoms with E-state index in [-0.39, 0.29) is 24.1 Å². The van der Waals surface area contributed by atoms with Crippen LogP contribution in [0.15, 0.2) is 15.6 Å². The number of hydrogen-bond donors (Lipinski definition) is 1. The summed E-state index contributed by atoms with van der Waals surface area (Å²) in [5, 5.41) is 2.72. The van der Waals surface area contributed by atoms with Gasteiger partial charge in [-0.15, -0.1) is 0 Å². The highest BCUT2D eigenvalue weighted by molar-refractivity contribution is 9.10. The smallest absolute Gasteiger partial charge is 0.268 e. The summed E-state index contributed by atoms with van der Waals surface area (Å²) in [5.74, 6) is -0.251. The molecule has 1 unspecified atom stereocenters. The lowest BCUT2D eigenvalue weighted by atomic mass is 10.3. The monoisotopic (exact) mass is 317 g/mol. The van der Waals surface area contributed by atoms with Crippen LogP contribution >= 0.6 is 15.9 Å². The van der Waals surface area contributed by atoms with Gasteiger partial charge >= 0.3 is 0 Å². The molecule has 100 valence electrons. The van der Waals surface area contributed by atoms with Gasteiger partial charge in [-0.3, -0.25) is 14.2 Å². The predicted octanol–water partition coefficient (Wildman–Crippen LogP) is 0.465. The van der Waals surface area contributed by atoms with Gasteiger partial charge in [0.05, 0.1) is 18.6 Å². The summed E-state index contributed by atoms with van der Waals surface area (Å²) in [5.41, 5.74) is 0.335. The number of amides is 1. The molecule has 6 nitrogen and oxygen atoms in total. The van der Waals surface area contributed by atoms with Crippen LogP contribution in [0.2, 0.25) is 0 Å². The molecule has 1 atom stereocenters. The van der Waals surface area contributed by atoms with Crippen LogP contribution in [0, 0.1) is 6.92 Å². The zero-order valence-corrected chi connectivity index (χ0v) is 12.2. The number of carbonyl (C=O) groups is 1. The molecule has 0 aliphatic rings. The van der Waals surface area contributed by atoms with Crippen LogP contribution in [-0.2, 0) is 16.1 Å². The van der Waals surface area contributed by atoms with Gasteiger partial charge in [0.1, 0.15) is 11.0 Å². The topological polar surface area (TPSA) is 73.2 Å². The van der Waals surface area contributed by atoms with Crippen molar-refractivity contribution >= 4 is 21.8 Å². The Morgan fingerprint density at radius 2 is 2.33 bits per heavy atom. The van der Waals surface area contributed by atoms with Crippen LogP contribution in [0.25, 0.3) is 0 Å². The summed E-state index contributed by atoms with van der Waals surface area (Å²) < 4.78 is 6.54. The van der Waals surface area contributed by atoms with Gasteiger partial charge in [-0.2, -0.15) is 0 Å². The molecule has 0 saturated carbocycles. The molecule has 1 aromatic heterocycles. The number of aryl methyl sites for hydroxylation is 1. The molecule has 0 saturated heterocycles. The number of ether oxygens (including phenoxy) is 1. The Balaban J connectivity index is 2.71.